The summed E-state index contributed by atoms with van der Waals surface area (Å²) in [6.45, 7) is 2.13. The Morgan fingerprint density at radius 1 is 1.27 bits per heavy atom. The van der Waals surface area contributed by atoms with E-state index in [1.54, 1.807) is 0 Å². The summed E-state index contributed by atoms with van der Waals surface area (Å²) in [4.78, 5) is 0. The molecule has 11 heavy (non-hydrogen) atoms. The van der Waals surface area contributed by atoms with E-state index >= 15 is 0 Å². The molecule has 0 aromatic heterocycles. The molecule has 60 valence electrons. The summed E-state index contributed by atoms with van der Waals surface area (Å²) in [5.74, 6) is 0. The highest BCUT2D eigenvalue weighted by molar-refractivity contribution is 5.14. The van der Waals surface area contributed by atoms with Crippen LogP contribution < -0.4 is 0 Å². The molecule has 1 aromatic rings. The molecule has 0 amide bonds. The van der Waals surface area contributed by atoms with Crippen LogP contribution in [-0.2, 0) is 6.42 Å². The van der Waals surface area contributed by atoms with Crippen LogP contribution in [0.4, 0.5) is 0 Å². The summed E-state index contributed by atoms with van der Waals surface area (Å²) in [7, 11) is 0. The summed E-state index contributed by atoms with van der Waals surface area (Å²) in [6, 6.07) is 10.3. The molecule has 0 fully saturated rings. The van der Waals surface area contributed by atoms with Crippen LogP contribution in [0.5, 0.6) is 0 Å². The Hall–Kier alpha value is -0.780. The second-order valence-electron chi connectivity index (χ2n) is 2.77. The summed E-state index contributed by atoms with van der Waals surface area (Å²) in [5.41, 5.74) is 1.28. The van der Waals surface area contributed by atoms with Crippen molar-refractivity contribution in [1.29, 1.82) is 0 Å². The van der Waals surface area contributed by atoms with E-state index in [4.69, 9.17) is 1.37 Å². The summed E-state index contributed by atoms with van der Waals surface area (Å²) >= 11 is 0. The third-order valence-corrected chi connectivity index (χ3v) is 1.72. The van der Waals surface area contributed by atoms with Crippen molar-refractivity contribution in [1.82, 2.24) is 0 Å². The van der Waals surface area contributed by atoms with Crippen LogP contribution in [0.2, 0.25) is 0 Å². The van der Waals surface area contributed by atoms with E-state index in [1.807, 2.05) is 18.2 Å². The molecular formula is C11H16. The lowest BCUT2D eigenvalue weighted by atomic mass is 10.1. The average molecular weight is 149 g/mol. The highest BCUT2D eigenvalue weighted by atomic mass is 13.9. The molecule has 0 aliphatic heterocycles. The summed E-state index contributed by atoms with van der Waals surface area (Å²) in [6.07, 6.45) is 3.10. The minimum absolute atomic E-state index is 0.0809. The minimum Gasteiger partial charge on any atom is -0.0654 e. The number of hydrogen-bond acceptors (Lipinski definition) is 0. The van der Waals surface area contributed by atoms with Crippen molar-refractivity contribution in [2.24, 2.45) is 0 Å². The van der Waals surface area contributed by atoms with Gasteiger partial charge in [-0.05, 0) is 18.4 Å². The Balaban J connectivity index is 2.41. The van der Waals surface area contributed by atoms with Gasteiger partial charge in [0.1, 0.15) is 0 Å². The Labute approximate surface area is 70.7 Å². The number of hydrogen-bond donors (Lipinski definition) is 0. The van der Waals surface area contributed by atoms with Gasteiger partial charge in [-0.15, -0.1) is 0 Å². The highest BCUT2D eigenvalue weighted by Gasteiger charge is 1.89. The first-order valence-electron chi connectivity index (χ1n) is 4.87. The van der Waals surface area contributed by atoms with Gasteiger partial charge in [0, 0.05) is 1.37 Å². The van der Waals surface area contributed by atoms with E-state index in [-0.39, 0.29) is 6.40 Å². The minimum atomic E-state index is 0.0809. The van der Waals surface area contributed by atoms with Gasteiger partial charge in [-0.1, -0.05) is 50.1 Å². The zero-order chi connectivity index (χ0) is 8.81. The smallest absolute Gasteiger partial charge is 0.0270 e. The topological polar surface area (TPSA) is 0 Å². The zero-order valence-electron chi connectivity index (χ0n) is 8.09. The summed E-state index contributed by atoms with van der Waals surface area (Å²) < 4.78 is 7.71. The predicted molar refractivity (Wildman–Crippen MR) is 49.7 cm³/mol. The van der Waals surface area contributed by atoms with E-state index in [0.29, 0.717) is 0 Å². The van der Waals surface area contributed by atoms with Crippen LogP contribution in [0.15, 0.2) is 30.3 Å². The van der Waals surface area contributed by atoms with Gasteiger partial charge in [-0.2, -0.15) is 0 Å². The zero-order valence-corrected chi connectivity index (χ0v) is 7.09. The van der Waals surface area contributed by atoms with Gasteiger partial charge in [-0.3, -0.25) is 0 Å². The Morgan fingerprint density at radius 2 is 2.00 bits per heavy atom. The van der Waals surface area contributed by atoms with Crippen LogP contribution >= 0.6 is 0 Å². The molecule has 0 radical (unpaired) electrons. The Kier molecular flexibility index (Phi) is 3.10. The average Bonchev–Trinajstić information content (AvgIpc) is 2.06. The first-order chi connectivity index (χ1) is 5.83. The van der Waals surface area contributed by atoms with Gasteiger partial charge in [0.15, 0.2) is 0 Å². The first-order valence-corrected chi connectivity index (χ1v) is 4.29. The van der Waals surface area contributed by atoms with E-state index in [0.717, 1.165) is 19.3 Å². The number of benzene rings is 1. The number of rotatable bonds is 4. The van der Waals surface area contributed by atoms with Crippen LogP contribution in [0.3, 0.4) is 0 Å². The first kappa shape index (κ1) is 6.90. The second-order valence-corrected chi connectivity index (χ2v) is 2.77. The SMILES string of the molecule is [2H]C(CCC)Cc1ccccc1. The molecule has 1 rings (SSSR count). The maximum absolute atomic E-state index is 7.71. The van der Waals surface area contributed by atoms with Crippen molar-refractivity contribution in [3.63, 3.8) is 0 Å². The van der Waals surface area contributed by atoms with Crippen molar-refractivity contribution in [2.75, 3.05) is 0 Å². The van der Waals surface area contributed by atoms with Crippen LogP contribution in [0.1, 0.15) is 33.1 Å². The molecule has 0 saturated carbocycles. The van der Waals surface area contributed by atoms with Gasteiger partial charge in [0.25, 0.3) is 0 Å². The monoisotopic (exact) mass is 149 g/mol. The molecule has 0 bridgehead atoms. The molecule has 0 nitrogen and oxygen atoms in total. The fourth-order valence-corrected chi connectivity index (χ4v) is 1.09. The predicted octanol–water partition coefficient (Wildman–Crippen LogP) is 3.42. The third-order valence-electron chi connectivity index (χ3n) is 1.72. The lowest BCUT2D eigenvalue weighted by molar-refractivity contribution is 0.717. The molecule has 0 N–H and O–H groups in total. The van der Waals surface area contributed by atoms with Crippen molar-refractivity contribution in [2.45, 2.75) is 32.6 Å². The lowest BCUT2D eigenvalue weighted by Gasteiger charge is -1.98. The second kappa shape index (κ2) is 4.95. The molecule has 1 unspecified atom stereocenters. The molecule has 0 spiro atoms. The molecule has 0 heterocycles. The fraction of sp³-hybridized carbons (Fsp3) is 0.455. The molecule has 0 aliphatic carbocycles. The number of aryl methyl sites for hydroxylation is 1. The van der Waals surface area contributed by atoms with Crippen molar-refractivity contribution in [3.05, 3.63) is 35.9 Å². The van der Waals surface area contributed by atoms with Crippen molar-refractivity contribution in [3.8, 4) is 0 Å². The van der Waals surface area contributed by atoms with Gasteiger partial charge in [0.2, 0.25) is 0 Å². The van der Waals surface area contributed by atoms with Crippen LogP contribution in [-0.4, -0.2) is 0 Å². The van der Waals surface area contributed by atoms with E-state index < -0.39 is 0 Å². The molecule has 0 aliphatic rings. The quantitative estimate of drug-likeness (QED) is 0.615. The molecule has 0 heteroatoms. The van der Waals surface area contributed by atoms with E-state index in [9.17, 15) is 0 Å². The van der Waals surface area contributed by atoms with Gasteiger partial charge in [0.05, 0.1) is 0 Å². The van der Waals surface area contributed by atoms with Crippen LogP contribution in [0.25, 0.3) is 0 Å². The lowest BCUT2D eigenvalue weighted by Crippen LogP contribution is -1.83. The van der Waals surface area contributed by atoms with Gasteiger partial charge in [-0.25, -0.2) is 0 Å². The summed E-state index contributed by atoms with van der Waals surface area (Å²) in [5, 5.41) is 0. The maximum Gasteiger partial charge on any atom is 0.0270 e. The highest BCUT2D eigenvalue weighted by Crippen LogP contribution is 2.05. The third kappa shape index (κ3) is 3.22. The van der Waals surface area contributed by atoms with E-state index in [1.165, 1.54) is 5.56 Å². The van der Waals surface area contributed by atoms with E-state index in [2.05, 4.69) is 19.1 Å². The Bertz CT molecular complexity index is 206. The van der Waals surface area contributed by atoms with Crippen LogP contribution in [0, 0.1) is 0 Å². The molecule has 1 aromatic carbocycles. The van der Waals surface area contributed by atoms with Gasteiger partial charge >= 0.3 is 0 Å². The van der Waals surface area contributed by atoms with Gasteiger partial charge < -0.3 is 0 Å². The molecule has 1 atom stereocenters. The fourth-order valence-electron chi connectivity index (χ4n) is 1.09. The molecule has 0 saturated heterocycles. The van der Waals surface area contributed by atoms with Crippen molar-refractivity contribution < 1.29 is 1.37 Å². The standard InChI is InChI=1S/C11H16/c1-2-3-5-8-11-9-6-4-7-10-11/h4,6-7,9-10H,2-3,5,8H2,1H3/i5D. The maximum atomic E-state index is 7.71. The largest absolute Gasteiger partial charge is 0.0654 e. The molecular weight excluding hydrogens is 132 g/mol. The Morgan fingerprint density at radius 3 is 2.64 bits per heavy atom. The van der Waals surface area contributed by atoms with Crippen molar-refractivity contribution >= 4 is 0 Å². The normalized spacial score (nSPS) is 14.1.